The molecule has 7 heteroatoms. The molecule has 0 aromatic carbocycles. The molecule has 0 aliphatic carbocycles. The molecule has 1 saturated heterocycles. The summed E-state index contributed by atoms with van der Waals surface area (Å²) < 4.78 is 14.9. The molecule has 3 N–H and O–H groups in total. The van der Waals surface area contributed by atoms with Crippen molar-refractivity contribution in [2.45, 2.75) is 29.8 Å². The van der Waals surface area contributed by atoms with Crippen LogP contribution in [0.3, 0.4) is 0 Å². The molecule has 0 amide bonds. The summed E-state index contributed by atoms with van der Waals surface area (Å²) in [5.74, 6) is 0.105. The normalized spacial score (nSPS) is 34.2. The van der Waals surface area contributed by atoms with E-state index >= 15 is 0 Å². The molecule has 0 saturated carbocycles. The van der Waals surface area contributed by atoms with Crippen LogP contribution in [0.5, 0.6) is 0 Å². The molecule has 0 radical (unpaired) electrons. The second kappa shape index (κ2) is 4.06. The third-order valence-electron chi connectivity index (χ3n) is 2.56. The van der Waals surface area contributed by atoms with Crippen LogP contribution in [0.4, 0.5) is 10.2 Å². The molecule has 1 aliphatic rings. The van der Waals surface area contributed by atoms with Gasteiger partial charge in [0.05, 0.1) is 6.10 Å². The summed E-state index contributed by atoms with van der Waals surface area (Å²) in [6.45, 7) is 1.72. The van der Waals surface area contributed by atoms with Crippen LogP contribution in [-0.4, -0.2) is 32.2 Å². The smallest absolute Gasteiger partial charge is 0.350 e. The van der Waals surface area contributed by atoms with Crippen LogP contribution in [-0.2, 0) is 0 Å². The Balaban J connectivity index is 2.35. The van der Waals surface area contributed by atoms with Gasteiger partial charge >= 0.3 is 5.69 Å². The maximum Gasteiger partial charge on any atom is 0.350 e. The Kier molecular flexibility index (Phi) is 2.90. The highest BCUT2D eigenvalue weighted by Crippen LogP contribution is 2.42. The number of rotatable bonds is 1. The number of anilines is 1. The molecule has 1 aromatic rings. The zero-order valence-corrected chi connectivity index (χ0v) is 9.39. The van der Waals surface area contributed by atoms with Crippen molar-refractivity contribution in [3.05, 3.63) is 22.7 Å². The number of hydrogen-bond acceptors (Lipinski definition) is 5. The number of nitrogens with two attached hydrogens (primary N) is 1. The van der Waals surface area contributed by atoms with Gasteiger partial charge in [-0.2, -0.15) is 4.98 Å². The third kappa shape index (κ3) is 1.80. The highest BCUT2D eigenvalue weighted by molar-refractivity contribution is 8.00. The first-order valence-corrected chi connectivity index (χ1v) is 5.77. The molecule has 2 rings (SSSR count). The standard InChI is InChI=1S/C9H12FN3O2S/c1-4-7(14)6(10)8(16-4)13-3-2-5(11)12-9(13)15/h2-4,6-8,14H,1H3,(H2,11,12,15)/t4-,6+,7-,8?/m1/s1. The Morgan fingerprint density at radius 2 is 2.38 bits per heavy atom. The van der Waals surface area contributed by atoms with Crippen LogP contribution in [0.2, 0.25) is 0 Å². The number of nitrogens with zero attached hydrogens (tertiary/aromatic N) is 2. The van der Waals surface area contributed by atoms with E-state index in [1.165, 1.54) is 28.6 Å². The number of alkyl halides is 1. The van der Waals surface area contributed by atoms with Crippen molar-refractivity contribution in [1.29, 1.82) is 0 Å². The number of hydrogen-bond donors (Lipinski definition) is 2. The fourth-order valence-corrected chi connectivity index (χ4v) is 3.00. The number of nitrogen functional groups attached to an aromatic ring is 1. The number of aromatic nitrogens is 2. The van der Waals surface area contributed by atoms with Gasteiger partial charge in [-0.15, -0.1) is 11.8 Å². The van der Waals surface area contributed by atoms with Crippen molar-refractivity contribution in [1.82, 2.24) is 9.55 Å². The summed E-state index contributed by atoms with van der Waals surface area (Å²) in [5.41, 5.74) is 4.75. The Bertz CT molecular complexity index is 453. The van der Waals surface area contributed by atoms with Crippen LogP contribution in [0.15, 0.2) is 17.1 Å². The number of aliphatic hydroxyl groups excluding tert-OH is 1. The van der Waals surface area contributed by atoms with Gasteiger partial charge in [-0.3, -0.25) is 4.57 Å². The first-order valence-electron chi connectivity index (χ1n) is 4.83. The van der Waals surface area contributed by atoms with E-state index in [-0.39, 0.29) is 11.1 Å². The van der Waals surface area contributed by atoms with Crippen molar-refractivity contribution in [2.75, 3.05) is 5.73 Å². The van der Waals surface area contributed by atoms with Gasteiger partial charge in [0, 0.05) is 11.4 Å². The zero-order chi connectivity index (χ0) is 11.9. The molecule has 1 fully saturated rings. The molecule has 4 atom stereocenters. The molecule has 0 bridgehead atoms. The van der Waals surface area contributed by atoms with Crippen molar-refractivity contribution in [3.63, 3.8) is 0 Å². The fourth-order valence-electron chi connectivity index (χ4n) is 1.64. The minimum atomic E-state index is -1.47. The van der Waals surface area contributed by atoms with Crippen molar-refractivity contribution in [2.24, 2.45) is 0 Å². The molecule has 88 valence electrons. The monoisotopic (exact) mass is 245 g/mol. The summed E-state index contributed by atoms with van der Waals surface area (Å²) >= 11 is 1.21. The maximum absolute atomic E-state index is 13.7. The van der Waals surface area contributed by atoms with Crippen molar-refractivity contribution >= 4 is 17.6 Å². The van der Waals surface area contributed by atoms with Crippen molar-refractivity contribution < 1.29 is 9.50 Å². The van der Waals surface area contributed by atoms with E-state index in [2.05, 4.69) is 4.98 Å². The Morgan fingerprint density at radius 1 is 1.69 bits per heavy atom. The third-order valence-corrected chi connectivity index (χ3v) is 4.03. The van der Waals surface area contributed by atoms with E-state index in [9.17, 15) is 14.3 Å². The molecule has 2 heterocycles. The summed E-state index contributed by atoms with van der Waals surface area (Å²) in [6.07, 6.45) is -1.12. The average Bonchev–Trinajstić information content (AvgIpc) is 2.46. The van der Waals surface area contributed by atoms with Crippen LogP contribution >= 0.6 is 11.8 Å². The second-order valence-corrected chi connectivity index (χ2v) is 5.21. The van der Waals surface area contributed by atoms with Crippen LogP contribution < -0.4 is 11.4 Å². The van der Waals surface area contributed by atoms with E-state index in [1.54, 1.807) is 6.92 Å². The first-order chi connectivity index (χ1) is 7.50. The molecule has 1 aromatic heterocycles. The van der Waals surface area contributed by atoms with Gasteiger partial charge in [-0.1, -0.05) is 6.92 Å². The second-order valence-electron chi connectivity index (χ2n) is 3.71. The zero-order valence-electron chi connectivity index (χ0n) is 8.58. The fraction of sp³-hybridized carbons (Fsp3) is 0.556. The minimum Gasteiger partial charge on any atom is -0.389 e. The van der Waals surface area contributed by atoms with Gasteiger partial charge in [-0.25, -0.2) is 9.18 Å². The van der Waals surface area contributed by atoms with E-state index in [0.717, 1.165) is 0 Å². The van der Waals surface area contributed by atoms with Gasteiger partial charge in [0.2, 0.25) is 0 Å². The van der Waals surface area contributed by atoms with Gasteiger partial charge < -0.3 is 10.8 Å². The Labute approximate surface area is 95.5 Å². The van der Waals surface area contributed by atoms with Crippen molar-refractivity contribution in [3.8, 4) is 0 Å². The molecule has 5 nitrogen and oxygen atoms in total. The quantitative estimate of drug-likeness (QED) is 0.736. The predicted molar refractivity (Wildman–Crippen MR) is 59.9 cm³/mol. The van der Waals surface area contributed by atoms with E-state index in [4.69, 9.17) is 5.73 Å². The molecule has 16 heavy (non-hydrogen) atoms. The minimum absolute atomic E-state index is 0.105. The summed E-state index contributed by atoms with van der Waals surface area (Å²) in [6, 6.07) is 1.43. The largest absolute Gasteiger partial charge is 0.389 e. The number of aliphatic hydroxyl groups is 1. The van der Waals surface area contributed by atoms with E-state index < -0.39 is 23.3 Å². The molecule has 0 spiro atoms. The SMILES string of the molecule is C[C@H]1SC(n2ccc(N)nc2=O)[C@@H](F)[C@@H]1O. The lowest BCUT2D eigenvalue weighted by atomic mass is 10.2. The molecule has 1 aliphatic heterocycles. The van der Waals surface area contributed by atoms with E-state index in [1.807, 2.05) is 0 Å². The van der Waals surface area contributed by atoms with Crippen LogP contribution in [0.25, 0.3) is 0 Å². The first kappa shape index (κ1) is 11.4. The Morgan fingerprint density at radius 3 is 2.88 bits per heavy atom. The van der Waals surface area contributed by atoms with Crippen LogP contribution in [0.1, 0.15) is 12.3 Å². The molecular weight excluding hydrogens is 233 g/mol. The summed E-state index contributed by atoms with van der Waals surface area (Å²) in [7, 11) is 0. The lowest BCUT2D eigenvalue weighted by Gasteiger charge is -2.15. The van der Waals surface area contributed by atoms with Gasteiger partial charge in [0.25, 0.3) is 0 Å². The highest BCUT2D eigenvalue weighted by Gasteiger charge is 2.42. The average molecular weight is 245 g/mol. The molecular formula is C9H12FN3O2S. The Hall–Kier alpha value is -1.08. The van der Waals surface area contributed by atoms with Gasteiger partial charge in [-0.05, 0) is 6.07 Å². The summed E-state index contributed by atoms with van der Waals surface area (Å²) in [5, 5.41) is 8.51. The lowest BCUT2D eigenvalue weighted by Crippen LogP contribution is -2.32. The number of thioether (sulfide) groups is 1. The van der Waals surface area contributed by atoms with Gasteiger partial charge in [0.15, 0.2) is 6.17 Å². The summed E-state index contributed by atoms with van der Waals surface area (Å²) in [4.78, 5) is 15.0. The topological polar surface area (TPSA) is 81.1 Å². The number of halogens is 1. The van der Waals surface area contributed by atoms with Gasteiger partial charge in [0.1, 0.15) is 11.2 Å². The lowest BCUT2D eigenvalue weighted by molar-refractivity contribution is 0.0786. The highest BCUT2D eigenvalue weighted by atomic mass is 32.2. The van der Waals surface area contributed by atoms with E-state index in [0.29, 0.717) is 0 Å². The maximum atomic E-state index is 13.7. The van der Waals surface area contributed by atoms with Crippen LogP contribution in [0, 0.1) is 0 Å². The predicted octanol–water partition coefficient (Wildman–Crippen LogP) is 0.158. The molecule has 1 unspecified atom stereocenters.